The average Bonchev–Trinajstić information content (AvgIpc) is 3.38. The lowest BCUT2D eigenvalue weighted by atomic mass is 9.93. The van der Waals surface area contributed by atoms with Crippen molar-refractivity contribution in [1.82, 2.24) is 20.0 Å². The highest BCUT2D eigenvalue weighted by Gasteiger charge is 2.29. The van der Waals surface area contributed by atoms with Crippen molar-refractivity contribution in [2.75, 3.05) is 4.72 Å². The Morgan fingerprint density at radius 3 is 2.52 bits per heavy atom. The Kier molecular flexibility index (Phi) is 4.36. The van der Waals surface area contributed by atoms with Crippen LogP contribution in [0.25, 0.3) is 16.9 Å². The maximum Gasteiger partial charge on any atom is 0.269 e. The zero-order valence-corrected chi connectivity index (χ0v) is 17.1. The number of nitrogens with one attached hydrogen (secondary N) is 2. The Balaban J connectivity index is 1.55. The number of benzene rings is 2. The molecule has 0 atom stereocenters. The van der Waals surface area contributed by atoms with Crippen LogP contribution in [0, 0.1) is 0 Å². The van der Waals surface area contributed by atoms with Gasteiger partial charge in [-0.15, -0.1) is 0 Å². The quantitative estimate of drug-likeness (QED) is 0.443. The Morgan fingerprint density at radius 1 is 1.06 bits per heavy atom. The third kappa shape index (κ3) is 3.26. The van der Waals surface area contributed by atoms with Gasteiger partial charge in [0.2, 0.25) is 0 Å². The summed E-state index contributed by atoms with van der Waals surface area (Å²) in [7, 11) is -3.75. The lowest BCUT2D eigenvalue weighted by Crippen LogP contribution is -2.15. The first kappa shape index (κ1) is 19.1. The summed E-state index contributed by atoms with van der Waals surface area (Å²) in [5.41, 5.74) is 10.2. The maximum atomic E-state index is 12.7. The Bertz CT molecular complexity index is 1390. The van der Waals surface area contributed by atoms with E-state index in [1.807, 2.05) is 6.07 Å². The SMILES string of the molecule is NC(=O)c1nn(-c2ccc(S(=O)(=O)Nc3ccccc3)cc2)c2c1CCc1[nH]ncc1-2. The van der Waals surface area contributed by atoms with Crippen molar-refractivity contribution in [1.29, 1.82) is 0 Å². The van der Waals surface area contributed by atoms with E-state index in [-0.39, 0.29) is 10.6 Å². The topological polar surface area (TPSA) is 136 Å². The molecular weight excluding hydrogens is 416 g/mol. The first-order valence-electron chi connectivity index (χ1n) is 9.56. The number of hydrogen-bond acceptors (Lipinski definition) is 5. The molecular formula is C21H18N6O3S. The number of nitrogens with zero attached hydrogens (tertiary/aromatic N) is 3. The summed E-state index contributed by atoms with van der Waals surface area (Å²) in [6.45, 7) is 0. The highest BCUT2D eigenvalue weighted by molar-refractivity contribution is 7.92. The van der Waals surface area contributed by atoms with Crippen molar-refractivity contribution in [2.24, 2.45) is 5.73 Å². The lowest BCUT2D eigenvalue weighted by molar-refractivity contribution is 0.0994. The van der Waals surface area contributed by atoms with Gasteiger partial charge in [-0.1, -0.05) is 18.2 Å². The van der Waals surface area contributed by atoms with Crippen molar-refractivity contribution in [3.63, 3.8) is 0 Å². The van der Waals surface area contributed by atoms with E-state index in [1.165, 1.54) is 12.1 Å². The van der Waals surface area contributed by atoms with E-state index in [2.05, 4.69) is 20.0 Å². The van der Waals surface area contributed by atoms with E-state index >= 15 is 0 Å². The van der Waals surface area contributed by atoms with Gasteiger partial charge in [0.15, 0.2) is 5.69 Å². The molecule has 4 aromatic rings. The van der Waals surface area contributed by atoms with Crippen LogP contribution in [0.2, 0.25) is 0 Å². The molecule has 0 bridgehead atoms. The molecule has 5 rings (SSSR count). The van der Waals surface area contributed by atoms with Crippen LogP contribution in [0.5, 0.6) is 0 Å². The number of anilines is 1. The molecule has 0 saturated carbocycles. The number of hydrogen-bond donors (Lipinski definition) is 3. The molecule has 0 spiro atoms. The summed E-state index contributed by atoms with van der Waals surface area (Å²) >= 11 is 0. The fourth-order valence-electron chi connectivity index (χ4n) is 3.79. The molecule has 2 aromatic carbocycles. The molecule has 2 aromatic heterocycles. The molecule has 0 unspecified atom stereocenters. The molecule has 4 N–H and O–H groups in total. The van der Waals surface area contributed by atoms with Gasteiger partial charge in [0.1, 0.15) is 0 Å². The summed E-state index contributed by atoms with van der Waals surface area (Å²) < 4.78 is 29.6. The molecule has 10 heteroatoms. The highest BCUT2D eigenvalue weighted by Crippen LogP contribution is 2.36. The maximum absolute atomic E-state index is 12.7. The summed E-state index contributed by atoms with van der Waals surface area (Å²) in [5, 5.41) is 11.5. The number of aryl methyl sites for hydroxylation is 1. The van der Waals surface area contributed by atoms with E-state index in [9.17, 15) is 13.2 Å². The van der Waals surface area contributed by atoms with Crippen LogP contribution in [-0.4, -0.2) is 34.3 Å². The molecule has 9 nitrogen and oxygen atoms in total. The van der Waals surface area contributed by atoms with Crippen molar-refractivity contribution >= 4 is 21.6 Å². The molecule has 2 heterocycles. The van der Waals surface area contributed by atoms with E-state index in [1.54, 1.807) is 47.3 Å². The fourth-order valence-corrected chi connectivity index (χ4v) is 4.85. The third-order valence-electron chi connectivity index (χ3n) is 5.23. The number of aromatic amines is 1. The number of fused-ring (bicyclic) bond motifs is 3. The van der Waals surface area contributed by atoms with E-state index in [4.69, 9.17) is 5.73 Å². The van der Waals surface area contributed by atoms with Gasteiger partial charge in [-0.05, 0) is 49.2 Å². The standard InChI is InChI=1S/C21H18N6O3S/c22-21(28)19-16-10-11-18-17(12-23-24-18)20(16)27(25-19)14-6-8-15(9-7-14)31(29,30)26-13-4-2-1-3-5-13/h1-9,12,26H,10-11H2,(H2,22,28)(H,23,24). The summed E-state index contributed by atoms with van der Waals surface area (Å²) in [6, 6.07) is 15.0. The van der Waals surface area contributed by atoms with Crippen LogP contribution in [-0.2, 0) is 22.9 Å². The summed E-state index contributed by atoms with van der Waals surface area (Å²) in [6.07, 6.45) is 3.01. The molecule has 156 valence electrons. The van der Waals surface area contributed by atoms with E-state index < -0.39 is 15.9 Å². The minimum atomic E-state index is -3.75. The zero-order valence-electron chi connectivity index (χ0n) is 16.2. The number of sulfonamides is 1. The minimum Gasteiger partial charge on any atom is -0.364 e. The zero-order chi connectivity index (χ0) is 21.6. The monoisotopic (exact) mass is 434 g/mol. The number of aromatic nitrogens is 4. The summed E-state index contributed by atoms with van der Waals surface area (Å²) in [5.74, 6) is -0.604. The number of H-pyrrole nitrogens is 1. The number of nitrogens with two attached hydrogens (primary N) is 1. The predicted octanol–water partition coefficient (Wildman–Crippen LogP) is 2.26. The van der Waals surface area contributed by atoms with Crippen LogP contribution >= 0.6 is 0 Å². The molecule has 0 aliphatic heterocycles. The molecule has 31 heavy (non-hydrogen) atoms. The number of rotatable bonds is 5. The normalized spacial score (nSPS) is 12.8. The van der Waals surface area contributed by atoms with Crippen molar-refractivity contribution in [3.8, 4) is 16.9 Å². The van der Waals surface area contributed by atoms with Crippen LogP contribution in [0.4, 0.5) is 5.69 Å². The minimum absolute atomic E-state index is 0.111. The van der Waals surface area contributed by atoms with Gasteiger partial charge in [0.05, 0.1) is 22.5 Å². The summed E-state index contributed by atoms with van der Waals surface area (Å²) in [4.78, 5) is 12.1. The number of carbonyl (C=O) groups is 1. The average molecular weight is 434 g/mol. The lowest BCUT2D eigenvalue weighted by Gasteiger charge is -2.15. The van der Waals surface area contributed by atoms with Crippen LogP contribution < -0.4 is 10.5 Å². The van der Waals surface area contributed by atoms with Crippen LogP contribution in [0.3, 0.4) is 0 Å². The van der Waals surface area contributed by atoms with Crippen molar-refractivity contribution in [2.45, 2.75) is 17.7 Å². The van der Waals surface area contributed by atoms with Gasteiger partial charge in [-0.3, -0.25) is 14.6 Å². The third-order valence-corrected chi connectivity index (χ3v) is 6.63. The number of amides is 1. The molecule has 0 fully saturated rings. The van der Waals surface area contributed by atoms with Gasteiger partial charge >= 0.3 is 0 Å². The van der Waals surface area contributed by atoms with Gasteiger partial charge in [-0.25, -0.2) is 13.1 Å². The Hall–Kier alpha value is -3.92. The predicted molar refractivity (Wildman–Crippen MR) is 114 cm³/mol. The number of para-hydroxylation sites is 1. The number of primary amides is 1. The largest absolute Gasteiger partial charge is 0.364 e. The van der Waals surface area contributed by atoms with Crippen molar-refractivity contribution < 1.29 is 13.2 Å². The fraction of sp³-hybridized carbons (Fsp3) is 0.0952. The molecule has 1 aliphatic rings. The Labute approximate surface area is 178 Å². The highest BCUT2D eigenvalue weighted by atomic mass is 32.2. The second-order valence-electron chi connectivity index (χ2n) is 7.18. The Morgan fingerprint density at radius 2 is 1.81 bits per heavy atom. The van der Waals surface area contributed by atoms with Gasteiger partial charge < -0.3 is 5.73 Å². The van der Waals surface area contributed by atoms with Crippen LogP contribution in [0.15, 0.2) is 65.7 Å². The van der Waals surface area contributed by atoms with Gasteiger partial charge in [0.25, 0.3) is 15.9 Å². The molecule has 1 aliphatic carbocycles. The van der Waals surface area contributed by atoms with Crippen LogP contribution in [0.1, 0.15) is 21.7 Å². The van der Waals surface area contributed by atoms with Gasteiger partial charge in [0, 0.05) is 22.5 Å². The first-order chi connectivity index (χ1) is 14.9. The molecule has 1 amide bonds. The second kappa shape index (κ2) is 7.10. The molecule has 0 radical (unpaired) electrons. The van der Waals surface area contributed by atoms with E-state index in [0.29, 0.717) is 24.2 Å². The van der Waals surface area contributed by atoms with E-state index in [0.717, 1.165) is 22.5 Å². The first-order valence-corrected chi connectivity index (χ1v) is 11.0. The van der Waals surface area contributed by atoms with Crippen molar-refractivity contribution in [3.05, 3.63) is 77.7 Å². The molecule has 0 saturated heterocycles. The van der Waals surface area contributed by atoms with Gasteiger partial charge in [-0.2, -0.15) is 10.2 Å². The number of carbonyl (C=O) groups excluding carboxylic acids is 1. The smallest absolute Gasteiger partial charge is 0.269 e. The second-order valence-corrected chi connectivity index (χ2v) is 8.86.